The summed E-state index contributed by atoms with van der Waals surface area (Å²) in [5, 5.41) is 13.5. The molecule has 0 aromatic heterocycles. The van der Waals surface area contributed by atoms with Crippen molar-refractivity contribution in [3.8, 4) is 5.75 Å². The average molecular weight is 276 g/mol. The van der Waals surface area contributed by atoms with Crippen LogP contribution in [0.15, 0.2) is 12.1 Å². The molecule has 0 saturated carbocycles. The van der Waals surface area contributed by atoms with Gasteiger partial charge in [-0.3, -0.25) is 4.79 Å². The molecule has 2 N–H and O–H groups in total. The summed E-state index contributed by atoms with van der Waals surface area (Å²) < 4.78 is 0. The summed E-state index contributed by atoms with van der Waals surface area (Å²) in [5.41, 5.74) is 2.08. The first kappa shape index (κ1) is 14.9. The maximum Gasteiger partial charge on any atom is 0.253 e. The maximum atomic E-state index is 12.6. The third kappa shape index (κ3) is 2.96. The van der Waals surface area contributed by atoms with E-state index in [1.165, 1.54) is 0 Å². The standard InChI is InChI=1S/C16H24N2O2/c1-11-9-12(10-13(14(11)19)16(2,3)4)15(20)18-7-5-17-6-8-18/h9-10,17,19H,5-8H2,1-4H3. The number of benzene rings is 1. The molecule has 0 unspecified atom stereocenters. The second-order valence-electron chi connectivity index (χ2n) is 6.48. The van der Waals surface area contributed by atoms with E-state index in [0.29, 0.717) is 11.3 Å². The molecular weight excluding hydrogens is 252 g/mol. The van der Waals surface area contributed by atoms with Gasteiger partial charge in [-0.1, -0.05) is 20.8 Å². The highest BCUT2D eigenvalue weighted by Crippen LogP contribution is 2.34. The number of rotatable bonds is 1. The van der Waals surface area contributed by atoms with Crippen LogP contribution in [-0.4, -0.2) is 42.1 Å². The lowest BCUT2D eigenvalue weighted by Crippen LogP contribution is -2.46. The van der Waals surface area contributed by atoms with Crippen molar-refractivity contribution in [1.29, 1.82) is 0 Å². The Morgan fingerprint density at radius 2 is 1.85 bits per heavy atom. The van der Waals surface area contributed by atoms with Gasteiger partial charge in [0.25, 0.3) is 5.91 Å². The Kier molecular flexibility index (Phi) is 4.04. The first-order chi connectivity index (χ1) is 9.30. The molecule has 110 valence electrons. The van der Waals surface area contributed by atoms with E-state index in [1.54, 1.807) is 6.07 Å². The van der Waals surface area contributed by atoms with Gasteiger partial charge in [0, 0.05) is 37.3 Å². The van der Waals surface area contributed by atoms with Crippen LogP contribution in [0.25, 0.3) is 0 Å². The van der Waals surface area contributed by atoms with Crippen LogP contribution in [0.1, 0.15) is 42.3 Å². The van der Waals surface area contributed by atoms with Crippen molar-refractivity contribution in [1.82, 2.24) is 10.2 Å². The molecule has 0 bridgehead atoms. The zero-order valence-corrected chi connectivity index (χ0v) is 12.8. The molecule has 4 heteroatoms. The van der Waals surface area contributed by atoms with Gasteiger partial charge in [0.1, 0.15) is 5.75 Å². The highest BCUT2D eigenvalue weighted by atomic mass is 16.3. The van der Waals surface area contributed by atoms with Gasteiger partial charge in [0.15, 0.2) is 0 Å². The number of amides is 1. The van der Waals surface area contributed by atoms with Crippen LogP contribution in [0.5, 0.6) is 5.75 Å². The number of hydrogen-bond acceptors (Lipinski definition) is 3. The molecule has 1 aromatic carbocycles. The van der Waals surface area contributed by atoms with Crippen LogP contribution < -0.4 is 5.32 Å². The monoisotopic (exact) mass is 276 g/mol. The number of carbonyl (C=O) groups is 1. The smallest absolute Gasteiger partial charge is 0.253 e. The third-order valence-corrected chi connectivity index (χ3v) is 3.76. The zero-order valence-electron chi connectivity index (χ0n) is 12.8. The van der Waals surface area contributed by atoms with Crippen molar-refractivity contribution in [3.63, 3.8) is 0 Å². The normalized spacial score (nSPS) is 16.3. The van der Waals surface area contributed by atoms with Gasteiger partial charge in [0.05, 0.1) is 0 Å². The Morgan fingerprint density at radius 1 is 1.25 bits per heavy atom. The number of phenolic OH excluding ortho intramolecular Hbond substituents is 1. The summed E-state index contributed by atoms with van der Waals surface area (Å²) in [6.45, 7) is 11.1. The minimum atomic E-state index is -0.186. The van der Waals surface area contributed by atoms with E-state index in [0.717, 1.165) is 37.3 Å². The first-order valence-corrected chi connectivity index (χ1v) is 7.15. The summed E-state index contributed by atoms with van der Waals surface area (Å²) >= 11 is 0. The van der Waals surface area contributed by atoms with Crippen molar-refractivity contribution >= 4 is 5.91 Å². The van der Waals surface area contributed by atoms with Gasteiger partial charge in [-0.25, -0.2) is 0 Å². The molecule has 1 aromatic rings. The number of nitrogens with zero attached hydrogens (tertiary/aromatic N) is 1. The van der Waals surface area contributed by atoms with Crippen molar-refractivity contribution < 1.29 is 9.90 Å². The molecule has 1 saturated heterocycles. The number of hydrogen-bond donors (Lipinski definition) is 2. The van der Waals surface area contributed by atoms with Gasteiger partial charge in [-0.2, -0.15) is 0 Å². The molecule has 1 aliphatic rings. The highest BCUT2D eigenvalue weighted by molar-refractivity contribution is 5.95. The maximum absolute atomic E-state index is 12.6. The summed E-state index contributed by atoms with van der Waals surface area (Å²) in [6.07, 6.45) is 0. The zero-order chi connectivity index (χ0) is 14.9. The molecule has 2 rings (SSSR count). The summed E-state index contributed by atoms with van der Waals surface area (Å²) in [6, 6.07) is 3.63. The van der Waals surface area contributed by atoms with Gasteiger partial charge >= 0.3 is 0 Å². The lowest BCUT2D eigenvalue weighted by Gasteiger charge is -2.28. The van der Waals surface area contributed by atoms with Crippen molar-refractivity contribution in [3.05, 3.63) is 28.8 Å². The molecule has 1 amide bonds. The minimum absolute atomic E-state index is 0.0556. The van der Waals surface area contributed by atoms with E-state index in [1.807, 2.05) is 38.7 Å². The van der Waals surface area contributed by atoms with Gasteiger partial charge in [-0.05, 0) is 30.0 Å². The predicted molar refractivity (Wildman–Crippen MR) is 80.3 cm³/mol. The first-order valence-electron chi connectivity index (χ1n) is 7.15. The Balaban J connectivity index is 2.37. The number of piperazine rings is 1. The van der Waals surface area contributed by atoms with Crippen LogP contribution >= 0.6 is 0 Å². The van der Waals surface area contributed by atoms with E-state index in [2.05, 4.69) is 5.32 Å². The van der Waals surface area contributed by atoms with E-state index in [4.69, 9.17) is 0 Å². The van der Waals surface area contributed by atoms with E-state index in [-0.39, 0.29) is 11.3 Å². The fourth-order valence-electron chi connectivity index (χ4n) is 2.53. The average Bonchev–Trinajstić information content (AvgIpc) is 2.40. The molecule has 1 heterocycles. The number of phenols is 1. The minimum Gasteiger partial charge on any atom is -0.507 e. The molecule has 20 heavy (non-hydrogen) atoms. The summed E-state index contributed by atoms with van der Waals surface area (Å²) in [5.74, 6) is 0.356. The Bertz CT molecular complexity index is 512. The lowest BCUT2D eigenvalue weighted by molar-refractivity contribution is 0.0735. The van der Waals surface area contributed by atoms with Crippen molar-refractivity contribution in [2.24, 2.45) is 0 Å². The summed E-state index contributed by atoms with van der Waals surface area (Å²) in [7, 11) is 0. The molecule has 0 atom stereocenters. The van der Waals surface area contributed by atoms with Crippen LogP contribution in [-0.2, 0) is 5.41 Å². The molecule has 4 nitrogen and oxygen atoms in total. The number of aromatic hydroxyl groups is 1. The number of nitrogens with one attached hydrogen (secondary N) is 1. The van der Waals surface area contributed by atoms with Crippen LogP contribution in [0.3, 0.4) is 0 Å². The van der Waals surface area contributed by atoms with E-state index < -0.39 is 0 Å². The Hall–Kier alpha value is -1.55. The predicted octanol–water partition coefficient (Wildman–Crippen LogP) is 2.04. The molecule has 0 radical (unpaired) electrons. The molecule has 1 aliphatic heterocycles. The van der Waals surface area contributed by atoms with Gasteiger partial charge < -0.3 is 15.3 Å². The SMILES string of the molecule is Cc1cc(C(=O)N2CCNCC2)cc(C(C)(C)C)c1O. The fraction of sp³-hybridized carbons (Fsp3) is 0.562. The van der Waals surface area contributed by atoms with Crippen molar-refractivity contribution in [2.75, 3.05) is 26.2 Å². The largest absolute Gasteiger partial charge is 0.507 e. The van der Waals surface area contributed by atoms with Crippen LogP contribution in [0.4, 0.5) is 0 Å². The van der Waals surface area contributed by atoms with E-state index >= 15 is 0 Å². The molecule has 0 spiro atoms. The molecular formula is C16H24N2O2. The van der Waals surface area contributed by atoms with Gasteiger partial charge in [-0.15, -0.1) is 0 Å². The molecule has 1 fully saturated rings. The van der Waals surface area contributed by atoms with Crippen LogP contribution in [0, 0.1) is 6.92 Å². The third-order valence-electron chi connectivity index (χ3n) is 3.76. The highest BCUT2D eigenvalue weighted by Gasteiger charge is 2.24. The number of carbonyl (C=O) groups excluding carboxylic acids is 1. The summed E-state index contributed by atoms with van der Waals surface area (Å²) in [4.78, 5) is 14.4. The number of aryl methyl sites for hydroxylation is 1. The second kappa shape index (κ2) is 5.44. The molecule has 0 aliphatic carbocycles. The fourth-order valence-corrected chi connectivity index (χ4v) is 2.53. The second-order valence-corrected chi connectivity index (χ2v) is 6.48. The van der Waals surface area contributed by atoms with Crippen LogP contribution in [0.2, 0.25) is 0 Å². The van der Waals surface area contributed by atoms with Crippen molar-refractivity contribution in [2.45, 2.75) is 33.1 Å². The Labute approximate surface area is 120 Å². The Morgan fingerprint density at radius 3 is 2.40 bits per heavy atom. The van der Waals surface area contributed by atoms with E-state index in [9.17, 15) is 9.90 Å². The topological polar surface area (TPSA) is 52.6 Å². The lowest BCUT2D eigenvalue weighted by atomic mass is 9.84. The van der Waals surface area contributed by atoms with Gasteiger partial charge in [0.2, 0.25) is 0 Å². The quantitative estimate of drug-likeness (QED) is 0.825.